The summed E-state index contributed by atoms with van der Waals surface area (Å²) in [6.07, 6.45) is 11.9. The second-order valence-electron chi connectivity index (χ2n) is 7.86. The van der Waals surface area contributed by atoms with Gasteiger partial charge in [0.15, 0.2) is 0 Å². The average molecular weight is 346 g/mol. The maximum absolute atomic E-state index is 4.97. The monoisotopic (exact) mass is 346 g/mol. The van der Waals surface area contributed by atoms with Crippen molar-refractivity contribution in [2.45, 2.75) is 57.5 Å². The Kier molecular flexibility index (Phi) is 4.21. The summed E-state index contributed by atoms with van der Waals surface area (Å²) in [4.78, 5) is 15.6. The highest BCUT2D eigenvalue weighted by molar-refractivity contribution is 5.82. The normalized spacial score (nSPS) is 18.9. The van der Waals surface area contributed by atoms with E-state index in [0.29, 0.717) is 5.92 Å². The number of aromatic amines is 1. The van der Waals surface area contributed by atoms with Crippen LogP contribution in [0.2, 0.25) is 0 Å². The zero-order valence-corrected chi connectivity index (χ0v) is 15.2. The van der Waals surface area contributed by atoms with Gasteiger partial charge in [-0.2, -0.15) is 0 Å². The molecule has 0 radical (unpaired) electrons. The molecule has 0 saturated heterocycles. The summed E-state index contributed by atoms with van der Waals surface area (Å²) < 4.78 is 0. The van der Waals surface area contributed by atoms with Crippen molar-refractivity contribution < 1.29 is 0 Å². The molecule has 1 saturated carbocycles. The third-order valence-corrected chi connectivity index (χ3v) is 6.07. The van der Waals surface area contributed by atoms with Crippen LogP contribution >= 0.6 is 0 Å². The number of aromatic nitrogens is 3. The van der Waals surface area contributed by atoms with Crippen molar-refractivity contribution in [2.75, 3.05) is 6.54 Å². The van der Waals surface area contributed by atoms with Crippen LogP contribution in [0.5, 0.6) is 0 Å². The fourth-order valence-electron chi connectivity index (χ4n) is 4.59. The Hall–Kier alpha value is -2.20. The molecule has 4 nitrogen and oxygen atoms in total. The summed E-state index contributed by atoms with van der Waals surface area (Å²) in [7, 11) is 0. The Morgan fingerprint density at radius 1 is 1.12 bits per heavy atom. The standard InChI is InChI=1S/C22H26N4/c1-2-6-16(7-3-1)22-24-13-18-15-26(11-10-20(18)25-22)14-17-12-23-21-9-5-4-8-19(17)21/h4-5,8-9,12-13,16,23H,1-3,6-7,10-11,14-15H2. The van der Waals surface area contributed by atoms with Gasteiger partial charge in [-0.05, 0) is 24.5 Å². The lowest BCUT2D eigenvalue weighted by Gasteiger charge is -2.29. The van der Waals surface area contributed by atoms with Crippen LogP contribution in [0.3, 0.4) is 0 Å². The largest absolute Gasteiger partial charge is 0.361 e. The number of rotatable bonds is 3. The van der Waals surface area contributed by atoms with Crippen LogP contribution in [0.4, 0.5) is 0 Å². The van der Waals surface area contributed by atoms with Crippen LogP contribution in [-0.4, -0.2) is 26.4 Å². The first-order valence-corrected chi connectivity index (χ1v) is 9.99. The van der Waals surface area contributed by atoms with Crippen LogP contribution in [0.25, 0.3) is 10.9 Å². The molecule has 1 aliphatic carbocycles. The summed E-state index contributed by atoms with van der Waals surface area (Å²) in [5.41, 5.74) is 5.20. The van der Waals surface area contributed by atoms with Crippen LogP contribution in [0, 0.1) is 0 Å². The third-order valence-electron chi connectivity index (χ3n) is 6.07. The van der Waals surface area contributed by atoms with E-state index in [1.54, 1.807) is 0 Å². The van der Waals surface area contributed by atoms with Crippen LogP contribution < -0.4 is 0 Å². The fraction of sp³-hybridized carbons (Fsp3) is 0.455. The highest BCUT2D eigenvalue weighted by atomic mass is 15.1. The maximum atomic E-state index is 4.97. The van der Waals surface area contributed by atoms with Crippen molar-refractivity contribution in [3.8, 4) is 0 Å². The molecule has 2 aliphatic rings. The van der Waals surface area contributed by atoms with Crippen molar-refractivity contribution in [1.29, 1.82) is 0 Å². The molecule has 5 rings (SSSR count). The molecular formula is C22H26N4. The molecule has 26 heavy (non-hydrogen) atoms. The van der Waals surface area contributed by atoms with Crippen LogP contribution in [0.15, 0.2) is 36.7 Å². The number of nitrogens with zero attached hydrogens (tertiary/aromatic N) is 3. The molecule has 1 N–H and O–H groups in total. The summed E-state index contributed by atoms with van der Waals surface area (Å²) in [5, 5.41) is 1.34. The minimum absolute atomic E-state index is 0.596. The van der Waals surface area contributed by atoms with E-state index < -0.39 is 0 Å². The van der Waals surface area contributed by atoms with E-state index >= 15 is 0 Å². The second-order valence-corrected chi connectivity index (χ2v) is 7.86. The smallest absolute Gasteiger partial charge is 0.131 e. The number of H-pyrrole nitrogens is 1. The third kappa shape index (κ3) is 3.03. The number of hydrogen-bond acceptors (Lipinski definition) is 3. The predicted molar refractivity (Wildman–Crippen MR) is 104 cm³/mol. The van der Waals surface area contributed by atoms with Crippen molar-refractivity contribution in [3.63, 3.8) is 0 Å². The lowest BCUT2D eigenvalue weighted by atomic mass is 9.88. The van der Waals surface area contributed by atoms with Gasteiger partial charge in [-0.3, -0.25) is 4.90 Å². The summed E-state index contributed by atoms with van der Waals surface area (Å²) >= 11 is 0. The molecule has 0 atom stereocenters. The summed E-state index contributed by atoms with van der Waals surface area (Å²) in [6, 6.07) is 8.55. The molecule has 3 aromatic rings. The molecule has 134 valence electrons. The Morgan fingerprint density at radius 2 is 2.00 bits per heavy atom. The van der Waals surface area contributed by atoms with Gasteiger partial charge < -0.3 is 4.98 Å². The highest BCUT2D eigenvalue weighted by Crippen LogP contribution is 2.31. The number of nitrogens with one attached hydrogen (secondary N) is 1. The van der Waals surface area contributed by atoms with Gasteiger partial charge in [0.2, 0.25) is 0 Å². The van der Waals surface area contributed by atoms with E-state index in [1.807, 2.05) is 0 Å². The molecule has 1 fully saturated rings. The Morgan fingerprint density at radius 3 is 2.92 bits per heavy atom. The molecule has 0 amide bonds. The van der Waals surface area contributed by atoms with Gasteiger partial charge in [0.25, 0.3) is 0 Å². The van der Waals surface area contributed by atoms with Crippen molar-refractivity contribution >= 4 is 10.9 Å². The molecule has 2 aromatic heterocycles. The quantitative estimate of drug-likeness (QED) is 0.756. The van der Waals surface area contributed by atoms with E-state index in [4.69, 9.17) is 9.97 Å². The molecule has 4 heteroatoms. The van der Waals surface area contributed by atoms with Gasteiger partial charge in [-0.25, -0.2) is 9.97 Å². The van der Waals surface area contributed by atoms with Crippen molar-refractivity contribution in [3.05, 3.63) is 59.3 Å². The van der Waals surface area contributed by atoms with E-state index in [9.17, 15) is 0 Å². The number of hydrogen-bond donors (Lipinski definition) is 1. The lowest BCUT2D eigenvalue weighted by Crippen LogP contribution is -2.31. The van der Waals surface area contributed by atoms with Gasteiger partial charge >= 0.3 is 0 Å². The molecule has 3 heterocycles. The maximum Gasteiger partial charge on any atom is 0.131 e. The number of fused-ring (bicyclic) bond motifs is 2. The Balaban J connectivity index is 1.32. The average Bonchev–Trinajstić information content (AvgIpc) is 3.11. The first kappa shape index (κ1) is 16.0. The zero-order valence-electron chi connectivity index (χ0n) is 15.2. The minimum Gasteiger partial charge on any atom is -0.361 e. The van der Waals surface area contributed by atoms with Gasteiger partial charge in [-0.1, -0.05) is 37.5 Å². The first-order valence-electron chi connectivity index (χ1n) is 9.99. The van der Waals surface area contributed by atoms with Crippen molar-refractivity contribution in [2.24, 2.45) is 0 Å². The second kappa shape index (κ2) is 6.84. The molecule has 0 bridgehead atoms. The zero-order chi connectivity index (χ0) is 17.3. The summed E-state index contributed by atoms with van der Waals surface area (Å²) in [6.45, 7) is 3.02. The Labute approximate surface area is 154 Å². The van der Waals surface area contributed by atoms with Crippen LogP contribution in [-0.2, 0) is 19.5 Å². The lowest BCUT2D eigenvalue weighted by molar-refractivity contribution is 0.243. The van der Waals surface area contributed by atoms with E-state index in [0.717, 1.165) is 31.9 Å². The predicted octanol–water partition coefficient (Wildman–Crippen LogP) is 4.56. The van der Waals surface area contributed by atoms with Gasteiger partial charge in [0, 0.05) is 66.5 Å². The van der Waals surface area contributed by atoms with Crippen LogP contribution in [0.1, 0.15) is 60.7 Å². The fourth-order valence-corrected chi connectivity index (χ4v) is 4.59. The van der Waals surface area contributed by atoms with Gasteiger partial charge in [0.05, 0.1) is 0 Å². The van der Waals surface area contributed by atoms with E-state index in [1.165, 1.54) is 59.8 Å². The topological polar surface area (TPSA) is 44.8 Å². The number of para-hydroxylation sites is 1. The highest BCUT2D eigenvalue weighted by Gasteiger charge is 2.23. The minimum atomic E-state index is 0.596. The van der Waals surface area contributed by atoms with E-state index in [-0.39, 0.29) is 0 Å². The van der Waals surface area contributed by atoms with E-state index in [2.05, 4.69) is 46.5 Å². The number of benzene rings is 1. The molecular weight excluding hydrogens is 320 g/mol. The summed E-state index contributed by atoms with van der Waals surface area (Å²) in [5.74, 6) is 1.70. The van der Waals surface area contributed by atoms with Gasteiger partial charge in [0.1, 0.15) is 5.82 Å². The van der Waals surface area contributed by atoms with Gasteiger partial charge in [-0.15, -0.1) is 0 Å². The molecule has 1 aromatic carbocycles. The first-order chi connectivity index (χ1) is 12.9. The molecule has 0 spiro atoms. The molecule has 1 aliphatic heterocycles. The molecule has 0 unspecified atom stereocenters. The van der Waals surface area contributed by atoms with Crippen molar-refractivity contribution in [1.82, 2.24) is 19.9 Å². The SMILES string of the molecule is c1ccc2c(CN3CCc4nc(C5CCCCC5)ncc4C3)c[nH]c2c1. The Bertz CT molecular complexity index is 907.